The fraction of sp³-hybridized carbons (Fsp3) is 0.667. The van der Waals surface area contributed by atoms with Gasteiger partial charge in [0, 0.05) is 63.9 Å². The Hall–Kier alpha value is -2.89. The van der Waals surface area contributed by atoms with E-state index in [0.717, 1.165) is 45.6 Å². The van der Waals surface area contributed by atoms with Crippen LogP contribution in [0.15, 0.2) is 24.5 Å². The van der Waals surface area contributed by atoms with Gasteiger partial charge in [0.05, 0.1) is 11.7 Å². The molecule has 1 amide bonds. The number of benzene rings is 1. The number of carbonyl (C=O) groups excluding carboxylic acids is 1. The minimum atomic E-state index is -0.503. The number of aromatic nitrogens is 3. The van der Waals surface area contributed by atoms with Crippen molar-refractivity contribution in [1.82, 2.24) is 30.3 Å². The van der Waals surface area contributed by atoms with Crippen molar-refractivity contribution < 1.29 is 18.7 Å². The Morgan fingerprint density at radius 3 is 2.61 bits per heavy atom. The van der Waals surface area contributed by atoms with E-state index in [0.29, 0.717) is 24.3 Å². The molecular formula is C30H46FN7O3. The number of hydrogen-bond acceptors (Lipinski definition) is 9. The zero-order valence-corrected chi connectivity index (χ0v) is 25.6. The van der Waals surface area contributed by atoms with Crippen LogP contribution in [-0.4, -0.2) is 103 Å². The van der Waals surface area contributed by atoms with Gasteiger partial charge in [-0.25, -0.2) is 9.37 Å². The number of likely N-dealkylation sites (tertiary alicyclic amines) is 1. The third kappa shape index (κ3) is 6.95. The molecule has 0 aliphatic carbocycles. The first-order chi connectivity index (χ1) is 19.6. The molecule has 1 spiro atoms. The highest BCUT2D eigenvalue weighted by molar-refractivity contribution is 5.97. The normalized spacial score (nSPS) is 18.1. The smallest absolute Gasteiger partial charge is 0.282 e. The molecule has 2 fully saturated rings. The molecule has 1 aromatic carbocycles. The molecule has 10 nitrogen and oxygen atoms in total. The second-order valence-corrected chi connectivity index (χ2v) is 12.1. The second-order valence-electron chi connectivity index (χ2n) is 12.1. The summed E-state index contributed by atoms with van der Waals surface area (Å²) in [6.45, 7) is 15.4. The Balaban J connectivity index is 1.48. The number of amides is 1. The fourth-order valence-electron chi connectivity index (χ4n) is 6.33. The Labute approximate surface area is 243 Å². The average Bonchev–Trinajstić information content (AvgIpc) is 3.37. The molecule has 0 bridgehead atoms. The van der Waals surface area contributed by atoms with Gasteiger partial charge >= 0.3 is 0 Å². The Kier molecular flexibility index (Phi) is 10.1. The molecule has 11 heteroatoms. The summed E-state index contributed by atoms with van der Waals surface area (Å²) in [6, 6.07) is 4.38. The average molecular weight is 572 g/mol. The number of carbonyl (C=O) groups is 1. The molecular weight excluding hydrogens is 525 g/mol. The molecule has 2 aromatic rings. The van der Waals surface area contributed by atoms with Crippen LogP contribution in [0.1, 0.15) is 57.8 Å². The van der Waals surface area contributed by atoms with E-state index in [9.17, 15) is 9.18 Å². The standard InChI is InChI=1S/C30H46FN7O3/c1-8-38(21(4)5)29(39)24-13-22(31)9-10-26(24)41-28-27(33-19-34-35-28)36-12-11-30(16-36)17-37(18-30)25(20(2)3)14-23(40-7)15-32-6/h9-10,13,19-21,23,25,32H,8,11-12,14-18H2,1-7H3/t23-,25-/m0/s1. The van der Waals surface area contributed by atoms with Gasteiger partial charge in [0.2, 0.25) is 0 Å². The predicted octanol–water partition coefficient (Wildman–Crippen LogP) is 3.83. The highest BCUT2D eigenvalue weighted by atomic mass is 19.1. The number of nitrogens with one attached hydrogen (secondary N) is 1. The molecule has 2 aliphatic rings. The number of rotatable bonds is 13. The van der Waals surface area contributed by atoms with Crippen molar-refractivity contribution in [2.75, 3.05) is 58.3 Å². The third-order valence-corrected chi connectivity index (χ3v) is 8.50. The summed E-state index contributed by atoms with van der Waals surface area (Å²) >= 11 is 0. The summed E-state index contributed by atoms with van der Waals surface area (Å²) in [5.74, 6) is 0.757. The van der Waals surface area contributed by atoms with Gasteiger partial charge in [-0.3, -0.25) is 9.69 Å². The Bertz CT molecular complexity index is 1170. The molecule has 1 aromatic heterocycles. The lowest BCUT2D eigenvalue weighted by Crippen LogP contribution is -2.62. The largest absolute Gasteiger partial charge is 0.434 e. The van der Waals surface area contributed by atoms with Gasteiger partial charge in [-0.15, -0.1) is 10.2 Å². The topological polar surface area (TPSA) is 96.0 Å². The van der Waals surface area contributed by atoms with E-state index in [4.69, 9.17) is 9.47 Å². The highest BCUT2D eigenvalue weighted by Gasteiger charge is 2.50. The molecule has 2 atom stereocenters. The maximum Gasteiger partial charge on any atom is 0.282 e. The van der Waals surface area contributed by atoms with Crippen LogP contribution in [0, 0.1) is 17.2 Å². The van der Waals surface area contributed by atoms with Crippen LogP contribution in [0.4, 0.5) is 10.2 Å². The summed E-state index contributed by atoms with van der Waals surface area (Å²) in [5.41, 5.74) is 0.327. The van der Waals surface area contributed by atoms with Crippen molar-refractivity contribution in [3.8, 4) is 11.6 Å². The van der Waals surface area contributed by atoms with Gasteiger partial charge < -0.3 is 24.6 Å². The first-order valence-electron chi connectivity index (χ1n) is 14.7. The minimum Gasteiger partial charge on any atom is -0.434 e. The van der Waals surface area contributed by atoms with Gasteiger partial charge in [-0.05, 0) is 64.8 Å². The number of likely N-dealkylation sites (N-methyl/N-ethyl adjacent to an activating group) is 1. The van der Waals surface area contributed by atoms with Crippen LogP contribution in [0.3, 0.4) is 0 Å². The minimum absolute atomic E-state index is 0.0424. The predicted molar refractivity (Wildman–Crippen MR) is 157 cm³/mol. The van der Waals surface area contributed by atoms with Crippen LogP contribution in [0.25, 0.3) is 0 Å². The molecule has 226 valence electrons. The molecule has 0 radical (unpaired) electrons. The molecule has 1 N–H and O–H groups in total. The van der Waals surface area contributed by atoms with E-state index in [1.54, 1.807) is 12.0 Å². The van der Waals surface area contributed by atoms with Crippen molar-refractivity contribution in [2.24, 2.45) is 11.3 Å². The van der Waals surface area contributed by atoms with E-state index in [-0.39, 0.29) is 40.7 Å². The molecule has 2 saturated heterocycles. The van der Waals surface area contributed by atoms with E-state index in [1.807, 2.05) is 27.8 Å². The first-order valence-corrected chi connectivity index (χ1v) is 14.7. The van der Waals surface area contributed by atoms with Crippen LogP contribution in [-0.2, 0) is 4.74 Å². The van der Waals surface area contributed by atoms with E-state index in [2.05, 4.69) is 44.1 Å². The number of anilines is 1. The van der Waals surface area contributed by atoms with Gasteiger partial charge in [0.15, 0.2) is 5.82 Å². The lowest BCUT2D eigenvalue weighted by atomic mass is 9.76. The third-order valence-electron chi connectivity index (χ3n) is 8.50. The summed E-state index contributed by atoms with van der Waals surface area (Å²) in [4.78, 5) is 24.3. The zero-order chi connectivity index (χ0) is 29.7. The van der Waals surface area contributed by atoms with Crippen molar-refractivity contribution in [1.29, 1.82) is 0 Å². The highest BCUT2D eigenvalue weighted by Crippen LogP contribution is 2.44. The number of hydrogen-bond donors (Lipinski definition) is 1. The first kappa shape index (κ1) is 31.1. The fourth-order valence-corrected chi connectivity index (χ4v) is 6.33. The molecule has 3 heterocycles. The van der Waals surface area contributed by atoms with Gasteiger partial charge in [0.25, 0.3) is 11.8 Å². The summed E-state index contributed by atoms with van der Waals surface area (Å²) in [6.07, 6.45) is 3.63. The maximum atomic E-state index is 14.2. The Morgan fingerprint density at radius 2 is 1.98 bits per heavy atom. The number of ether oxygens (including phenoxy) is 2. The van der Waals surface area contributed by atoms with Crippen LogP contribution >= 0.6 is 0 Å². The quantitative estimate of drug-likeness (QED) is 0.385. The van der Waals surface area contributed by atoms with Crippen molar-refractivity contribution in [3.05, 3.63) is 35.9 Å². The lowest BCUT2D eigenvalue weighted by molar-refractivity contribution is -0.0500. The number of methoxy groups -OCH3 is 1. The molecule has 4 rings (SSSR count). The monoisotopic (exact) mass is 571 g/mol. The lowest BCUT2D eigenvalue weighted by Gasteiger charge is -2.53. The molecule has 0 saturated carbocycles. The van der Waals surface area contributed by atoms with Crippen LogP contribution < -0.4 is 15.0 Å². The van der Waals surface area contributed by atoms with E-state index < -0.39 is 5.82 Å². The number of halogens is 1. The molecule has 2 aliphatic heterocycles. The van der Waals surface area contributed by atoms with Gasteiger partial charge in [-0.1, -0.05) is 13.8 Å². The van der Waals surface area contributed by atoms with Crippen molar-refractivity contribution in [3.63, 3.8) is 0 Å². The van der Waals surface area contributed by atoms with E-state index in [1.165, 1.54) is 24.5 Å². The zero-order valence-electron chi connectivity index (χ0n) is 25.6. The van der Waals surface area contributed by atoms with Gasteiger partial charge in [-0.2, -0.15) is 0 Å². The van der Waals surface area contributed by atoms with Crippen molar-refractivity contribution >= 4 is 11.7 Å². The van der Waals surface area contributed by atoms with Gasteiger partial charge in [0.1, 0.15) is 17.9 Å². The van der Waals surface area contributed by atoms with Crippen LogP contribution in [0.2, 0.25) is 0 Å². The summed E-state index contributed by atoms with van der Waals surface area (Å²) in [7, 11) is 3.75. The summed E-state index contributed by atoms with van der Waals surface area (Å²) in [5, 5.41) is 11.4. The summed E-state index contributed by atoms with van der Waals surface area (Å²) < 4.78 is 26.1. The molecule has 41 heavy (non-hydrogen) atoms. The second kappa shape index (κ2) is 13.4. The van der Waals surface area contributed by atoms with Crippen LogP contribution in [0.5, 0.6) is 11.6 Å². The van der Waals surface area contributed by atoms with E-state index >= 15 is 0 Å². The number of nitrogens with zero attached hydrogens (tertiary/aromatic N) is 6. The Morgan fingerprint density at radius 1 is 1.22 bits per heavy atom. The van der Waals surface area contributed by atoms with Crippen molar-refractivity contribution in [2.45, 2.75) is 65.6 Å². The maximum absolute atomic E-state index is 14.2. The SMILES string of the molecule is CCN(C(=O)c1cc(F)ccc1Oc1nncnc1N1CCC2(C1)CN([C@@H](C[C@@H](CNC)OC)C(C)C)C2)C(C)C. The molecule has 0 unspecified atom stereocenters.